The van der Waals surface area contributed by atoms with Crippen LogP contribution < -0.4 is 15.4 Å². The lowest BCUT2D eigenvalue weighted by Crippen LogP contribution is -2.36. The van der Waals surface area contributed by atoms with Crippen molar-refractivity contribution in [3.05, 3.63) is 59.4 Å². The smallest absolute Gasteiger partial charge is 0.284 e. The summed E-state index contributed by atoms with van der Waals surface area (Å²) in [5.41, 5.74) is 1.25. The zero-order valence-corrected chi connectivity index (χ0v) is 22.7. The molecule has 10 nitrogen and oxygen atoms in total. The summed E-state index contributed by atoms with van der Waals surface area (Å²) >= 11 is 5.93. The second-order valence-electron chi connectivity index (χ2n) is 9.99. The number of likely N-dealkylation sites (tertiary alicyclic amines) is 1. The van der Waals surface area contributed by atoms with Crippen molar-refractivity contribution in [1.82, 2.24) is 14.9 Å². The number of hydrogen-bond donors (Lipinski definition) is 2. The number of halogens is 3. The summed E-state index contributed by atoms with van der Waals surface area (Å²) in [5.74, 6) is -1.70. The number of amides is 1. The number of hydrogen-bond acceptors (Lipinski definition) is 9. The molecule has 2 aromatic carbocycles. The average molecular weight is 588 g/mol. The molecule has 1 aromatic heterocycles. The van der Waals surface area contributed by atoms with Crippen LogP contribution in [-0.4, -0.2) is 85.1 Å². The molecule has 3 aliphatic rings. The zero-order valence-electron chi connectivity index (χ0n) is 21.9. The van der Waals surface area contributed by atoms with E-state index in [1.807, 2.05) is 4.90 Å². The summed E-state index contributed by atoms with van der Waals surface area (Å²) in [5, 5.41) is 6.20. The summed E-state index contributed by atoms with van der Waals surface area (Å²) in [4.78, 5) is 23.6. The van der Waals surface area contributed by atoms with E-state index in [1.165, 1.54) is 30.6 Å². The van der Waals surface area contributed by atoms with Gasteiger partial charge >= 0.3 is 0 Å². The van der Waals surface area contributed by atoms with Gasteiger partial charge in [0.1, 0.15) is 29.8 Å². The molecule has 0 unspecified atom stereocenters. The van der Waals surface area contributed by atoms with E-state index in [-0.39, 0.29) is 35.6 Å². The summed E-state index contributed by atoms with van der Waals surface area (Å²) in [6, 6.07) is 7.45. The van der Waals surface area contributed by atoms with Gasteiger partial charge in [0, 0.05) is 43.2 Å². The Balaban J connectivity index is 1.24. The van der Waals surface area contributed by atoms with E-state index in [2.05, 4.69) is 20.6 Å². The summed E-state index contributed by atoms with van der Waals surface area (Å²) < 4.78 is 51.6. The molecule has 216 valence electrons. The van der Waals surface area contributed by atoms with Gasteiger partial charge < -0.3 is 29.6 Å². The Morgan fingerprint density at radius 3 is 2.68 bits per heavy atom. The summed E-state index contributed by atoms with van der Waals surface area (Å²) in [6.07, 6.45) is 2.97. The van der Waals surface area contributed by atoms with Crippen LogP contribution in [0.25, 0.3) is 10.9 Å². The second kappa shape index (κ2) is 12.2. The molecular weight excluding hydrogens is 560 g/mol. The molecule has 3 atom stereocenters. The first-order valence-electron chi connectivity index (χ1n) is 13.3. The van der Waals surface area contributed by atoms with Crippen LogP contribution >= 0.6 is 11.6 Å². The van der Waals surface area contributed by atoms with E-state index in [0.717, 1.165) is 0 Å². The number of nitrogens with zero attached hydrogens (tertiary/aromatic N) is 3. The van der Waals surface area contributed by atoms with E-state index < -0.39 is 17.6 Å². The van der Waals surface area contributed by atoms with Crippen LogP contribution in [0.15, 0.2) is 48.6 Å². The van der Waals surface area contributed by atoms with E-state index >= 15 is 4.39 Å². The second-order valence-corrected chi connectivity index (χ2v) is 10.4. The van der Waals surface area contributed by atoms with Gasteiger partial charge in [-0.05, 0) is 30.3 Å². The molecule has 0 radical (unpaired) electrons. The van der Waals surface area contributed by atoms with Gasteiger partial charge in [-0.2, -0.15) is 0 Å². The van der Waals surface area contributed by atoms with Gasteiger partial charge in [0.2, 0.25) is 0 Å². The Bertz CT molecular complexity index is 1460. The standard InChI is InChI=1S/C28H28ClF2N5O5/c29-19-9-16(1-2-20(19)30)34-27-18-10-23(24(11-22(18)32-15-33-27)41-17-4-6-38-14-17)35-28(37)21(31)3-5-36-12-25-26(13-36)40-8-7-39-25/h1-3,9-11,15,17,25-26H,4-8,12-14H2,(H,35,37)(H,32,33,34)/b21-3-/t17-,25-,26-/m0/s1. The van der Waals surface area contributed by atoms with Crippen LogP contribution in [0.1, 0.15) is 6.42 Å². The molecule has 0 aliphatic carbocycles. The van der Waals surface area contributed by atoms with E-state index in [4.69, 9.17) is 30.5 Å². The van der Waals surface area contributed by atoms with Crippen molar-refractivity contribution in [2.24, 2.45) is 0 Å². The van der Waals surface area contributed by atoms with E-state index in [9.17, 15) is 9.18 Å². The Morgan fingerprint density at radius 2 is 1.95 bits per heavy atom. The number of fused-ring (bicyclic) bond motifs is 2. The molecule has 0 saturated carbocycles. The highest BCUT2D eigenvalue weighted by molar-refractivity contribution is 6.31. The molecule has 3 saturated heterocycles. The van der Waals surface area contributed by atoms with Crippen molar-refractivity contribution in [3.63, 3.8) is 0 Å². The van der Waals surface area contributed by atoms with Crippen LogP contribution in [0, 0.1) is 5.82 Å². The first kappa shape index (κ1) is 27.7. The number of benzene rings is 2. The van der Waals surface area contributed by atoms with Crippen molar-refractivity contribution in [2.75, 3.05) is 56.7 Å². The molecule has 41 heavy (non-hydrogen) atoms. The number of rotatable bonds is 8. The molecule has 3 fully saturated rings. The maximum Gasteiger partial charge on any atom is 0.284 e. The Hall–Kier alpha value is -3.42. The molecule has 6 rings (SSSR count). The first-order valence-corrected chi connectivity index (χ1v) is 13.7. The van der Waals surface area contributed by atoms with Gasteiger partial charge in [0.05, 0.1) is 54.9 Å². The largest absolute Gasteiger partial charge is 0.486 e. The number of aromatic nitrogens is 2. The van der Waals surface area contributed by atoms with Gasteiger partial charge in [0.15, 0.2) is 5.83 Å². The van der Waals surface area contributed by atoms with Gasteiger partial charge in [-0.25, -0.2) is 18.7 Å². The molecule has 0 bridgehead atoms. The molecule has 0 spiro atoms. The quantitative estimate of drug-likeness (QED) is 0.375. The Labute approximate surface area is 239 Å². The predicted molar refractivity (Wildman–Crippen MR) is 148 cm³/mol. The lowest BCUT2D eigenvalue weighted by molar-refractivity contribution is -0.116. The van der Waals surface area contributed by atoms with Gasteiger partial charge in [0.25, 0.3) is 5.91 Å². The van der Waals surface area contributed by atoms with Gasteiger partial charge in [-0.3, -0.25) is 9.69 Å². The van der Waals surface area contributed by atoms with E-state index in [1.54, 1.807) is 12.1 Å². The van der Waals surface area contributed by atoms with Crippen LogP contribution in [-0.2, 0) is 19.0 Å². The van der Waals surface area contributed by atoms with Crippen molar-refractivity contribution >= 4 is 45.6 Å². The maximum atomic E-state index is 15.0. The lowest BCUT2D eigenvalue weighted by atomic mass is 10.1. The lowest BCUT2D eigenvalue weighted by Gasteiger charge is -2.24. The van der Waals surface area contributed by atoms with Crippen molar-refractivity contribution < 1.29 is 32.5 Å². The Morgan fingerprint density at radius 1 is 1.15 bits per heavy atom. The monoisotopic (exact) mass is 587 g/mol. The molecule has 13 heteroatoms. The normalized spacial score (nSPS) is 23.0. The number of nitrogens with one attached hydrogen (secondary N) is 2. The molecule has 2 N–H and O–H groups in total. The minimum absolute atomic E-state index is 0.0399. The minimum Gasteiger partial charge on any atom is -0.486 e. The number of carbonyl (C=O) groups is 1. The molecule has 1 amide bonds. The van der Waals surface area contributed by atoms with Crippen LogP contribution in [0.5, 0.6) is 5.75 Å². The fourth-order valence-corrected chi connectivity index (χ4v) is 5.23. The highest BCUT2D eigenvalue weighted by Gasteiger charge is 2.36. The summed E-state index contributed by atoms with van der Waals surface area (Å²) in [7, 11) is 0. The number of ether oxygens (including phenoxy) is 4. The fraction of sp³-hybridized carbons (Fsp3) is 0.393. The minimum atomic E-state index is -0.930. The number of carbonyl (C=O) groups excluding carboxylic acids is 1. The number of anilines is 3. The topological polar surface area (TPSA) is 107 Å². The third-order valence-electron chi connectivity index (χ3n) is 7.13. The SMILES string of the molecule is O=C(Nc1cc2c(Nc3ccc(F)c(Cl)c3)ncnc2cc1O[C@H]1CCOC1)/C(F)=C/CN1C[C@@H]2OCCO[C@H]2C1. The third kappa shape index (κ3) is 6.41. The zero-order chi connectivity index (χ0) is 28.3. The van der Waals surface area contributed by atoms with Crippen LogP contribution in [0.3, 0.4) is 0 Å². The molecule has 3 aliphatic heterocycles. The van der Waals surface area contributed by atoms with Crippen molar-refractivity contribution in [3.8, 4) is 5.75 Å². The van der Waals surface area contributed by atoms with Crippen LogP contribution in [0.4, 0.5) is 26.0 Å². The molecule has 4 heterocycles. The van der Waals surface area contributed by atoms with Crippen molar-refractivity contribution in [2.45, 2.75) is 24.7 Å². The highest BCUT2D eigenvalue weighted by atomic mass is 35.5. The maximum absolute atomic E-state index is 15.0. The van der Waals surface area contributed by atoms with Gasteiger partial charge in [-0.15, -0.1) is 0 Å². The predicted octanol–water partition coefficient (Wildman–Crippen LogP) is 4.23. The summed E-state index contributed by atoms with van der Waals surface area (Å²) in [6.45, 7) is 3.50. The molecular formula is C28H28ClF2N5O5. The van der Waals surface area contributed by atoms with Crippen LogP contribution in [0.2, 0.25) is 5.02 Å². The van der Waals surface area contributed by atoms with Gasteiger partial charge in [-0.1, -0.05) is 11.6 Å². The fourth-order valence-electron chi connectivity index (χ4n) is 5.05. The Kier molecular flexibility index (Phi) is 8.26. The van der Waals surface area contributed by atoms with Crippen molar-refractivity contribution in [1.29, 1.82) is 0 Å². The highest BCUT2D eigenvalue weighted by Crippen LogP contribution is 2.35. The third-order valence-corrected chi connectivity index (χ3v) is 7.42. The average Bonchev–Trinajstić information content (AvgIpc) is 3.64. The first-order chi connectivity index (χ1) is 19.9. The van der Waals surface area contributed by atoms with E-state index in [0.29, 0.717) is 74.1 Å². The molecule has 3 aromatic rings.